The lowest BCUT2D eigenvalue weighted by Crippen LogP contribution is -2.29. The number of alkyl halides is 3. The molecule has 7 heteroatoms. The predicted octanol–water partition coefficient (Wildman–Crippen LogP) is 5.98. The highest BCUT2D eigenvalue weighted by atomic mass is 19.4. The number of benzene rings is 3. The molecule has 1 amide bonds. The summed E-state index contributed by atoms with van der Waals surface area (Å²) in [4.78, 5) is 14.8. The third-order valence-electron chi connectivity index (χ3n) is 4.93. The van der Waals surface area contributed by atoms with E-state index in [0.29, 0.717) is 16.8 Å². The van der Waals surface area contributed by atoms with E-state index in [0.717, 1.165) is 5.56 Å². The Hall–Kier alpha value is -3.61. The normalized spacial score (nSPS) is 16.4. The van der Waals surface area contributed by atoms with Gasteiger partial charge < -0.3 is 4.74 Å². The van der Waals surface area contributed by atoms with Crippen LogP contribution >= 0.6 is 0 Å². The van der Waals surface area contributed by atoms with Gasteiger partial charge in [-0.15, -0.1) is 13.2 Å². The average Bonchev–Trinajstić information content (AvgIpc) is 3.06. The third-order valence-corrected chi connectivity index (χ3v) is 4.93. The van der Waals surface area contributed by atoms with Gasteiger partial charge in [0.1, 0.15) is 11.6 Å². The average molecular weight is 427 g/mol. The van der Waals surface area contributed by atoms with E-state index in [1.165, 1.54) is 36.4 Å². The molecule has 1 aliphatic rings. The molecule has 158 valence electrons. The van der Waals surface area contributed by atoms with Crippen molar-refractivity contribution in [3.05, 3.63) is 107 Å². The molecule has 0 saturated heterocycles. The molecule has 3 nitrogen and oxygen atoms in total. The van der Waals surface area contributed by atoms with Crippen molar-refractivity contribution < 1.29 is 27.1 Å². The van der Waals surface area contributed by atoms with E-state index < -0.39 is 12.2 Å². The first-order valence-corrected chi connectivity index (χ1v) is 9.49. The van der Waals surface area contributed by atoms with Crippen LogP contribution in [0.4, 0.5) is 23.2 Å². The zero-order chi connectivity index (χ0) is 22.0. The zero-order valence-electron chi connectivity index (χ0n) is 16.1. The van der Waals surface area contributed by atoms with Crippen LogP contribution in [0.1, 0.15) is 17.2 Å². The number of ether oxygens (including phenoxy) is 1. The molecule has 0 aliphatic carbocycles. The van der Waals surface area contributed by atoms with Crippen LogP contribution in [-0.4, -0.2) is 12.3 Å². The Morgan fingerprint density at radius 3 is 2.13 bits per heavy atom. The summed E-state index contributed by atoms with van der Waals surface area (Å²) < 4.78 is 54.3. The van der Waals surface area contributed by atoms with Crippen molar-refractivity contribution in [2.75, 3.05) is 4.90 Å². The molecule has 0 bridgehead atoms. The van der Waals surface area contributed by atoms with E-state index in [1.807, 2.05) is 36.4 Å². The minimum Gasteiger partial charge on any atom is -0.406 e. The highest BCUT2D eigenvalue weighted by Crippen LogP contribution is 2.37. The van der Waals surface area contributed by atoms with Crippen LogP contribution in [0.15, 0.2) is 90.5 Å². The molecule has 0 radical (unpaired) electrons. The van der Waals surface area contributed by atoms with Gasteiger partial charge in [0, 0.05) is 17.7 Å². The lowest BCUT2D eigenvalue weighted by Gasteiger charge is -2.25. The molecule has 1 atom stereocenters. The van der Waals surface area contributed by atoms with Crippen LogP contribution in [0, 0.1) is 5.82 Å². The van der Waals surface area contributed by atoms with Gasteiger partial charge in [0.15, 0.2) is 0 Å². The number of rotatable bonds is 5. The summed E-state index contributed by atoms with van der Waals surface area (Å²) in [7, 11) is 0. The maximum atomic E-state index is 13.4. The Balaban J connectivity index is 1.61. The van der Waals surface area contributed by atoms with Crippen molar-refractivity contribution in [3.8, 4) is 5.75 Å². The van der Waals surface area contributed by atoms with Crippen molar-refractivity contribution >= 4 is 11.6 Å². The van der Waals surface area contributed by atoms with Gasteiger partial charge in [-0.2, -0.15) is 0 Å². The monoisotopic (exact) mass is 427 g/mol. The van der Waals surface area contributed by atoms with Crippen LogP contribution in [0.2, 0.25) is 0 Å². The molecule has 3 aromatic rings. The SMILES string of the molecule is O=C1C(Cc2ccc(OC(F)(F)F)cc2)=CC(c2ccccc2)N1c1ccc(F)cc1. The molecule has 0 N–H and O–H groups in total. The summed E-state index contributed by atoms with van der Waals surface area (Å²) in [5.41, 5.74) is 2.62. The smallest absolute Gasteiger partial charge is 0.406 e. The predicted molar refractivity (Wildman–Crippen MR) is 108 cm³/mol. The fourth-order valence-corrected chi connectivity index (χ4v) is 3.56. The third kappa shape index (κ3) is 4.77. The van der Waals surface area contributed by atoms with Crippen molar-refractivity contribution in [3.63, 3.8) is 0 Å². The number of carbonyl (C=O) groups is 1. The first-order valence-electron chi connectivity index (χ1n) is 9.49. The van der Waals surface area contributed by atoms with E-state index in [9.17, 15) is 22.4 Å². The van der Waals surface area contributed by atoms with Gasteiger partial charge >= 0.3 is 6.36 Å². The number of anilines is 1. The summed E-state index contributed by atoms with van der Waals surface area (Å²) in [5.74, 6) is -0.963. The molecular weight excluding hydrogens is 410 g/mol. The number of hydrogen-bond acceptors (Lipinski definition) is 2. The Morgan fingerprint density at radius 1 is 0.871 bits per heavy atom. The molecule has 31 heavy (non-hydrogen) atoms. The fourth-order valence-electron chi connectivity index (χ4n) is 3.56. The lowest BCUT2D eigenvalue weighted by atomic mass is 10.0. The molecule has 1 aliphatic heterocycles. The summed E-state index contributed by atoms with van der Waals surface area (Å²) in [5, 5.41) is 0. The van der Waals surface area contributed by atoms with Crippen molar-refractivity contribution in [1.82, 2.24) is 0 Å². The summed E-state index contributed by atoms with van der Waals surface area (Å²) in [6, 6.07) is 20.1. The molecule has 1 unspecified atom stereocenters. The molecule has 0 aromatic heterocycles. The Bertz CT molecular complexity index is 1090. The Kier molecular flexibility index (Phi) is 5.50. The largest absolute Gasteiger partial charge is 0.573 e. The minimum absolute atomic E-state index is 0.240. The zero-order valence-corrected chi connectivity index (χ0v) is 16.1. The molecule has 4 rings (SSSR count). The Labute approximate surface area is 176 Å². The second kappa shape index (κ2) is 8.26. The maximum Gasteiger partial charge on any atom is 0.573 e. The van der Waals surface area contributed by atoms with Crippen molar-refractivity contribution in [2.45, 2.75) is 18.8 Å². The van der Waals surface area contributed by atoms with Crippen molar-refractivity contribution in [2.24, 2.45) is 0 Å². The minimum atomic E-state index is -4.76. The molecule has 0 fully saturated rings. The second-order valence-corrected chi connectivity index (χ2v) is 7.07. The number of halogens is 4. The first kappa shape index (κ1) is 20.7. The van der Waals surface area contributed by atoms with Gasteiger partial charge in [-0.1, -0.05) is 42.5 Å². The van der Waals surface area contributed by atoms with E-state index in [1.54, 1.807) is 17.0 Å². The van der Waals surface area contributed by atoms with Crippen LogP contribution in [0.3, 0.4) is 0 Å². The van der Waals surface area contributed by atoms with Gasteiger partial charge in [0.05, 0.1) is 6.04 Å². The quantitative estimate of drug-likeness (QED) is 0.469. The van der Waals surface area contributed by atoms with Crippen LogP contribution in [0.5, 0.6) is 5.75 Å². The van der Waals surface area contributed by atoms with E-state index in [2.05, 4.69) is 4.74 Å². The summed E-state index contributed by atoms with van der Waals surface area (Å²) in [6.07, 6.45) is -2.68. The van der Waals surface area contributed by atoms with E-state index in [-0.39, 0.29) is 24.1 Å². The van der Waals surface area contributed by atoms with Crippen LogP contribution in [-0.2, 0) is 11.2 Å². The van der Waals surface area contributed by atoms with Crippen molar-refractivity contribution in [1.29, 1.82) is 0 Å². The fraction of sp³-hybridized carbons (Fsp3) is 0.125. The molecule has 3 aromatic carbocycles. The van der Waals surface area contributed by atoms with Gasteiger partial charge in [0.2, 0.25) is 0 Å². The number of carbonyl (C=O) groups excluding carboxylic acids is 1. The molecule has 0 spiro atoms. The highest BCUT2D eigenvalue weighted by molar-refractivity contribution is 6.09. The molecule has 1 heterocycles. The highest BCUT2D eigenvalue weighted by Gasteiger charge is 2.34. The van der Waals surface area contributed by atoms with Crippen LogP contribution in [0.25, 0.3) is 0 Å². The number of hydrogen-bond donors (Lipinski definition) is 0. The van der Waals surface area contributed by atoms with Gasteiger partial charge in [-0.25, -0.2) is 4.39 Å². The Morgan fingerprint density at radius 2 is 1.52 bits per heavy atom. The topological polar surface area (TPSA) is 29.5 Å². The maximum absolute atomic E-state index is 13.4. The standard InChI is InChI=1S/C24H17F4NO2/c25-19-8-10-20(11-9-19)29-22(17-4-2-1-3-5-17)15-18(23(29)30)14-16-6-12-21(13-7-16)31-24(26,27)28/h1-13,15,22H,14H2. The van der Waals surface area contributed by atoms with Gasteiger partial charge in [-0.3, -0.25) is 9.69 Å². The van der Waals surface area contributed by atoms with Gasteiger partial charge in [0.25, 0.3) is 5.91 Å². The summed E-state index contributed by atoms with van der Waals surface area (Å²) >= 11 is 0. The number of nitrogens with zero attached hydrogens (tertiary/aromatic N) is 1. The van der Waals surface area contributed by atoms with Gasteiger partial charge in [-0.05, 0) is 53.6 Å². The van der Waals surface area contributed by atoms with E-state index >= 15 is 0 Å². The molecule has 0 saturated carbocycles. The number of amides is 1. The summed E-state index contributed by atoms with van der Waals surface area (Å²) in [6.45, 7) is 0. The lowest BCUT2D eigenvalue weighted by molar-refractivity contribution is -0.274. The van der Waals surface area contributed by atoms with Crippen LogP contribution < -0.4 is 9.64 Å². The second-order valence-electron chi connectivity index (χ2n) is 7.07. The molecular formula is C24H17F4NO2. The van der Waals surface area contributed by atoms with E-state index in [4.69, 9.17) is 0 Å². The first-order chi connectivity index (χ1) is 14.8.